The van der Waals surface area contributed by atoms with Crippen LogP contribution in [0.4, 0.5) is 5.69 Å². The monoisotopic (exact) mass is 425 g/mol. The van der Waals surface area contributed by atoms with E-state index < -0.39 is 21.9 Å². The smallest absolute Gasteiger partial charge is 0.376 e. The van der Waals surface area contributed by atoms with Gasteiger partial charge in [0.25, 0.3) is 5.91 Å². The number of esters is 1. The zero-order chi connectivity index (χ0) is 21.0. The van der Waals surface area contributed by atoms with E-state index in [1.165, 1.54) is 36.7 Å². The number of hydrogen-bond donors (Lipinski definition) is 1. The number of aromatic nitrogens is 1. The normalized spacial score (nSPS) is 15.0. The Morgan fingerprint density at radius 3 is 2.55 bits per heavy atom. The predicted molar refractivity (Wildman–Crippen MR) is 98.4 cm³/mol. The van der Waals surface area contributed by atoms with Crippen molar-refractivity contribution in [2.45, 2.75) is 4.90 Å². The van der Waals surface area contributed by atoms with Crippen molar-refractivity contribution in [2.24, 2.45) is 0 Å². The van der Waals surface area contributed by atoms with Crippen LogP contribution in [0.3, 0.4) is 0 Å². The quantitative estimate of drug-likeness (QED) is 0.664. The van der Waals surface area contributed by atoms with Crippen LogP contribution in [0.25, 0.3) is 0 Å². The van der Waals surface area contributed by atoms with Gasteiger partial charge in [-0.05, 0) is 18.2 Å². The number of carbonyl (C=O) groups is 2. The molecule has 1 amide bonds. The summed E-state index contributed by atoms with van der Waals surface area (Å²) in [6, 6.07) is 5.33. The first-order chi connectivity index (χ1) is 13.9. The van der Waals surface area contributed by atoms with Gasteiger partial charge in [-0.15, -0.1) is 0 Å². The second-order valence-electron chi connectivity index (χ2n) is 5.90. The molecule has 0 aliphatic carbocycles. The van der Waals surface area contributed by atoms with Gasteiger partial charge in [0.05, 0.1) is 27.4 Å². The third-order valence-corrected chi connectivity index (χ3v) is 6.06. The summed E-state index contributed by atoms with van der Waals surface area (Å²) >= 11 is 0. The van der Waals surface area contributed by atoms with Crippen LogP contribution in [-0.2, 0) is 19.5 Å². The van der Waals surface area contributed by atoms with Crippen LogP contribution in [0.1, 0.15) is 21.0 Å². The fraction of sp³-hybridized carbons (Fsp3) is 0.353. The molecule has 0 saturated carbocycles. The maximum atomic E-state index is 13.0. The number of carbonyl (C=O) groups excluding carboxylic acids is 2. The molecule has 1 aliphatic rings. The third kappa shape index (κ3) is 4.39. The number of ether oxygens (including phenoxy) is 3. The highest BCUT2D eigenvalue weighted by Gasteiger charge is 2.30. The summed E-state index contributed by atoms with van der Waals surface area (Å²) < 4.78 is 46.9. The standard InChI is InChI=1S/C17H19N3O8S/c1-25-13-4-3-11(9-15(13)29(23,24)20-5-7-27-8-6-20)18-16(21)12-10-14(28-19-12)17(22)26-2/h3-4,9-10H,5-8H2,1-2H3,(H,18,21). The number of rotatable bonds is 6. The fourth-order valence-corrected chi connectivity index (χ4v) is 4.25. The topological polar surface area (TPSA) is 137 Å². The minimum Gasteiger partial charge on any atom is -0.495 e. The molecule has 0 spiro atoms. The number of benzene rings is 1. The van der Waals surface area contributed by atoms with Crippen LogP contribution in [0, 0.1) is 0 Å². The van der Waals surface area contributed by atoms with Gasteiger partial charge in [0, 0.05) is 24.8 Å². The van der Waals surface area contributed by atoms with Gasteiger partial charge in [-0.1, -0.05) is 5.16 Å². The summed E-state index contributed by atoms with van der Waals surface area (Å²) in [5.41, 5.74) is 0.0315. The molecule has 3 rings (SSSR count). The number of morpholine rings is 1. The molecule has 11 nitrogen and oxygen atoms in total. The first-order valence-electron chi connectivity index (χ1n) is 8.49. The molecule has 1 aliphatic heterocycles. The molecular formula is C17H19N3O8S. The summed E-state index contributed by atoms with van der Waals surface area (Å²) in [5, 5.41) is 6.03. The van der Waals surface area contributed by atoms with Gasteiger partial charge < -0.3 is 24.1 Å². The average molecular weight is 425 g/mol. The van der Waals surface area contributed by atoms with Crippen molar-refractivity contribution in [3.8, 4) is 5.75 Å². The van der Waals surface area contributed by atoms with Crippen LogP contribution in [-0.4, -0.2) is 70.3 Å². The molecule has 1 fully saturated rings. The molecule has 0 bridgehead atoms. The van der Waals surface area contributed by atoms with Gasteiger partial charge >= 0.3 is 5.97 Å². The Hall–Kier alpha value is -2.96. The highest BCUT2D eigenvalue weighted by atomic mass is 32.2. The van der Waals surface area contributed by atoms with Crippen molar-refractivity contribution in [3.63, 3.8) is 0 Å². The molecule has 1 aromatic heterocycles. The summed E-state index contributed by atoms with van der Waals surface area (Å²) in [4.78, 5) is 23.7. The molecule has 1 N–H and O–H groups in total. The minimum absolute atomic E-state index is 0.0879. The molecule has 0 radical (unpaired) electrons. The van der Waals surface area contributed by atoms with Crippen molar-refractivity contribution in [3.05, 3.63) is 35.7 Å². The molecule has 2 heterocycles. The number of methoxy groups -OCH3 is 2. The largest absolute Gasteiger partial charge is 0.495 e. The molecule has 1 aromatic carbocycles. The minimum atomic E-state index is -3.86. The molecule has 1 saturated heterocycles. The van der Waals surface area contributed by atoms with E-state index in [-0.39, 0.29) is 40.9 Å². The van der Waals surface area contributed by atoms with E-state index >= 15 is 0 Å². The van der Waals surface area contributed by atoms with Crippen LogP contribution < -0.4 is 10.1 Å². The SMILES string of the molecule is COC(=O)c1cc(C(=O)Nc2ccc(OC)c(S(=O)(=O)N3CCOCC3)c2)no1. The van der Waals surface area contributed by atoms with E-state index in [1.807, 2.05) is 0 Å². The Balaban J connectivity index is 1.85. The number of nitrogens with zero attached hydrogens (tertiary/aromatic N) is 2. The number of nitrogens with one attached hydrogen (secondary N) is 1. The van der Waals surface area contributed by atoms with Crippen LogP contribution in [0.5, 0.6) is 5.75 Å². The predicted octanol–water partition coefficient (Wildman–Crippen LogP) is 0.743. The molecule has 29 heavy (non-hydrogen) atoms. The van der Waals surface area contributed by atoms with Crippen LogP contribution in [0.2, 0.25) is 0 Å². The van der Waals surface area contributed by atoms with Crippen molar-refractivity contribution in [2.75, 3.05) is 45.8 Å². The summed E-state index contributed by atoms with van der Waals surface area (Å²) in [6.45, 7) is 1.04. The molecule has 2 aromatic rings. The van der Waals surface area contributed by atoms with E-state index in [1.54, 1.807) is 0 Å². The zero-order valence-electron chi connectivity index (χ0n) is 15.7. The van der Waals surface area contributed by atoms with Gasteiger partial charge in [0.15, 0.2) is 5.69 Å². The zero-order valence-corrected chi connectivity index (χ0v) is 16.5. The highest BCUT2D eigenvalue weighted by Crippen LogP contribution is 2.30. The molecule has 0 unspecified atom stereocenters. The van der Waals surface area contributed by atoms with E-state index in [9.17, 15) is 18.0 Å². The third-order valence-electron chi connectivity index (χ3n) is 4.14. The lowest BCUT2D eigenvalue weighted by Gasteiger charge is -2.26. The van der Waals surface area contributed by atoms with Gasteiger partial charge in [-0.2, -0.15) is 4.31 Å². The van der Waals surface area contributed by atoms with Crippen molar-refractivity contribution < 1.29 is 36.7 Å². The van der Waals surface area contributed by atoms with Crippen molar-refractivity contribution in [1.82, 2.24) is 9.46 Å². The molecular weight excluding hydrogens is 406 g/mol. The van der Waals surface area contributed by atoms with Crippen LogP contribution in [0.15, 0.2) is 33.7 Å². The Morgan fingerprint density at radius 1 is 1.17 bits per heavy atom. The lowest BCUT2D eigenvalue weighted by atomic mass is 10.3. The molecule has 156 valence electrons. The lowest BCUT2D eigenvalue weighted by Crippen LogP contribution is -2.40. The number of sulfonamides is 1. The van der Waals surface area contributed by atoms with E-state index in [0.29, 0.717) is 13.2 Å². The average Bonchev–Trinajstić information content (AvgIpc) is 3.24. The first kappa shape index (κ1) is 20.8. The van der Waals surface area contributed by atoms with Gasteiger partial charge in [-0.3, -0.25) is 4.79 Å². The van der Waals surface area contributed by atoms with E-state index in [0.717, 1.165) is 6.07 Å². The van der Waals surface area contributed by atoms with Crippen molar-refractivity contribution >= 4 is 27.6 Å². The van der Waals surface area contributed by atoms with Gasteiger partial charge in [0.1, 0.15) is 10.6 Å². The summed E-state index contributed by atoms with van der Waals surface area (Å²) in [6.07, 6.45) is 0. The number of amides is 1. The highest BCUT2D eigenvalue weighted by molar-refractivity contribution is 7.89. The first-order valence-corrected chi connectivity index (χ1v) is 9.93. The van der Waals surface area contributed by atoms with E-state index in [4.69, 9.17) is 14.0 Å². The Bertz CT molecular complexity index is 1010. The van der Waals surface area contributed by atoms with Gasteiger partial charge in [-0.25, -0.2) is 13.2 Å². The second kappa shape index (κ2) is 8.59. The summed E-state index contributed by atoms with van der Waals surface area (Å²) in [5.74, 6) is -1.56. The number of hydrogen-bond acceptors (Lipinski definition) is 9. The summed E-state index contributed by atoms with van der Waals surface area (Å²) in [7, 11) is -1.33. The second-order valence-corrected chi connectivity index (χ2v) is 7.81. The maximum absolute atomic E-state index is 13.0. The Kier molecular flexibility index (Phi) is 6.15. The van der Waals surface area contributed by atoms with E-state index in [2.05, 4.69) is 15.2 Å². The van der Waals surface area contributed by atoms with Gasteiger partial charge in [0.2, 0.25) is 15.8 Å². The van der Waals surface area contributed by atoms with Crippen molar-refractivity contribution in [1.29, 1.82) is 0 Å². The Labute approximate surface area is 166 Å². The number of anilines is 1. The molecule has 0 atom stereocenters. The maximum Gasteiger partial charge on any atom is 0.376 e. The fourth-order valence-electron chi connectivity index (χ4n) is 2.66. The molecule has 12 heteroatoms. The van der Waals surface area contributed by atoms with Crippen LogP contribution >= 0.6 is 0 Å². The lowest BCUT2D eigenvalue weighted by molar-refractivity contribution is 0.0554. The Morgan fingerprint density at radius 2 is 1.90 bits per heavy atom.